The van der Waals surface area contributed by atoms with Crippen LogP contribution in [0.4, 0.5) is 0 Å². The van der Waals surface area contributed by atoms with Crippen LogP contribution in [0.1, 0.15) is 24.8 Å². The van der Waals surface area contributed by atoms with Crippen molar-refractivity contribution in [3.63, 3.8) is 0 Å². The molecule has 2 fully saturated rings. The van der Waals surface area contributed by atoms with Crippen molar-refractivity contribution in [2.24, 2.45) is 5.73 Å². The Balaban J connectivity index is 1.58. The molecule has 6 heteroatoms. The number of para-hydroxylation sites is 1. The smallest absolute Gasteiger partial charge is 0.165 e. The van der Waals surface area contributed by atoms with E-state index in [0.29, 0.717) is 6.61 Å². The predicted molar refractivity (Wildman–Crippen MR) is 103 cm³/mol. The van der Waals surface area contributed by atoms with Gasteiger partial charge in [0.15, 0.2) is 11.5 Å². The first kappa shape index (κ1) is 19.4. The van der Waals surface area contributed by atoms with E-state index in [-0.39, 0.29) is 6.10 Å². The average molecular weight is 364 g/mol. The van der Waals surface area contributed by atoms with Gasteiger partial charge in [0.05, 0.1) is 13.2 Å². The van der Waals surface area contributed by atoms with E-state index >= 15 is 0 Å². The highest BCUT2D eigenvalue weighted by Crippen LogP contribution is 2.33. The quantitative estimate of drug-likeness (QED) is 0.721. The Kier molecular flexibility index (Phi) is 7.55. The van der Waals surface area contributed by atoms with Gasteiger partial charge in [-0.3, -0.25) is 4.90 Å². The second kappa shape index (κ2) is 10.1. The lowest BCUT2D eigenvalue weighted by molar-refractivity contribution is 0.0658. The number of nitrogens with two attached hydrogens (primary N) is 1. The van der Waals surface area contributed by atoms with E-state index in [0.717, 1.165) is 83.2 Å². The molecule has 3 rings (SSSR count). The number of hydrogen-bond donors (Lipinski definition) is 1. The highest BCUT2D eigenvalue weighted by Gasteiger charge is 2.21. The fourth-order valence-corrected chi connectivity index (χ4v) is 3.69. The molecular weight excluding hydrogens is 330 g/mol. The summed E-state index contributed by atoms with van der Waals surface area (Å²) in [5.74, 6) is 1.68. The summed E-state index contributed by atoms with van der Waals surface area (Å²) in [4.78, 5) is 5.00. The van der Waals surface area contributed by atoms with Crippen molar-refractivity contribution in [2.45, 2.75) is 31.9 Å². The summed E-state index contributed by atoms with van der Waals surface area (Å²) in [6.07, 6.45) is 3.49. The van der Waals surface area contributed by atoms with Gasteiger partial charge in [-0.1, -0.05) is 12.1 Å². The van der Waals surface area contributed by atoms with Gasteiger partial charge < -0.3 is 24.8 Å². The lowest BCUT2D eigenvalue weighted by atomic mass is 10.1. The lowest BCUT2D eigenvalue weighted by Crippen LogP contribution is -2.46. The first-order valence-corrected chi connectivity index (χ1v) is 9.85. The minimum Gasteiger partial charge on any atom is -0.493 e. The summed E-state index contributed by atoms with van der Waals surface area (Å²) >= 11 is 0. The summed E-state index contributed by atoms with van der Waals surface area (Å²) in [5, 5.41) is 0. The first-order valence-electron chi connectivity index (χ1n) is 9.85. The van der Waals surface area contributed by atoms with Crippen LogP contribution in [0, 0.1) is 0 Å². The van der Waals surface area contributed by atoms with Crippen molar-refractivity contribution >= 4 is 0 Å². The number of nitrogens with zero attached hydrogens (tertiary/aromatic N) is 2. The summed E-state index contributed by atoms with van der Waals surface area (Å²) in [7, 11) is 1.70. The van der Waals surface area contributed by atoms with Crippen LogP contribution < -0.4 is 15.2 Å². The van der Waals surface area contributed by atoms with Gasteiger partial charge in [0.1, 0.15) is 6.61 Å². The monoisotopic (exact) mass is 363 g/mol. The molecule has 26 heavy (non-hydrogen) atoms. The lowest BCUT2D eigenvalue weighted by Gasteiger charge is -2.35. The minimum absolute atomic E-state index is 0.207. The third-order valence-corrected chi connectivity index (χ3v) is 5.26. The Morgan fingerprint density at radius 1 is 1.19 bits per heavy atom. The molecule has 0 radical (unpaired) electrons. The van der Waals surface area contributed by atoms with Gasteiger partial charge in [0.2, 0.25) is 0 Å². The molecule has 2 saturated heterocycles. The molecule has 0 amide bonds. The third-order valence-electron chi connectivity index (χ3n) is 5.26. The third kappa shape index (κ3) is 5.33. The fourth-order valence-electron chi connectivity index (χ4n) is 3.69. The molecule has 0 bridgehead atoms. The molecule has 1 aromatic carbocycles. The minimum atomic E-state index is 0.207. The van der Waals surface area contributed by atoms with Crippen LogP contribution in [-0.2, 0) is 11.3 Å². The van der Waals surface area contributed by atoms with Gasteiger partial charge in [-0.25, -0.2) is 0 Å². The molecule has 1 atom stereocenters. The van der Waals surface area contributed by atoms with Crippen molar-refractivity contribution in [1.29, 1.82) is 0 Å². The molecule has 1 unspecified atom stereocenters. The van der Waals surface area contributed by atoms with Crippen molar-refractivity contribution in [2.75, 3.05) is 59.6 Å². The zero-order valence-electron chi connectivity index (χ0n) is 16.0. The molecule has 2 aliphatic heterocycles. The van der Waals surface area contributed by atoms with Gasteiger partial charge in [-0.2, -0.15) is 0 Å². The summed E-state index contributed by atoms with van der Waals surface area (Å²) in [6.45, 7) is 8.59. The SMILES string of the molecule is COc1cccc(CN2CCN(CCCN)CC2)c1OCC1CCCO1. The number of methoxy groups -OCH3 is 1. The Morgan fingerprint density at radius 2 is 2.00 bits per heavy atom. The Bertz CT molecular complexity index is 541. The molecular formula is C20H33N3O3. The molecule has 0 aromatic heterocycles. The van der Waals surface area contributed by atoms with Gasteiger partial charge in [-0.05, 0) is 38.4 Å². The summed E-state index contributed by atoms with van der Waals surface area (Å²) < 4.78 is 17.4. The fraction of sp³-hybridized carbons (Fsp3) is 0.700. The van der Waals surface area contributed by atoms with Gasteiger partial charge in [0.25, 0.3) is 0 Å². The molecule has 2 heterocycles. The zero-order chi connectivity index (χ0) is 18.2. The van der Waals surface area contributed by atoms with Crippen LogP contribution in [0.15, 0.2) is 18.2 Å². The molecule has 2 aliphatic rings. The van der Waals surface area contributed by atoms with Crippen LogP contribution in [0.2, 0.25) is 0 Å². The molecule has 0 saturated carbocycles. The van der Waals surface area contributed by atoms with E-state index in [1.165, 1.54) is 5.56 Å². The standard InChI is InChI=1S/C20H33N3O3/c1-24-19-7-2-5-17(20(19)26-16-18-6-3-14-25-18)15-23-12-10-22(11-13-23)9-4-8-21/h2,5,7,18H,3-4,6,8-16,21H2,1H3. The summed E-state index contributed by atoms with van der Waals surface area (Å²) in [5.41, 5.74) is 6.81. The van der Waals surface area contributed by atoms with Gasteiger partial charge in [0, 0.05) is 44.9 Å². The molecule has 146 valence electrons. The Hall–Kier alpha value is -1.34. The molecule has 6 nitrogen and oxygen atoms in total. The van der Waals surface area contributed by atoms with E-state index in [1.807, 2.05) is 12.1 Å². The normalized spacial score (nSPS) is 21.8. The van der Waals surface area contributed by atoms with Crippen LogP contribution >= 0.6 is 0 Å². The average Bonchev–Trinajstić information content (AvgIpc) is 3.20. The highest BCUT2D eigenvalue weighted by atomic mass is 16.5. The van der Waals surface area contributed by atoms with E-state index in [1.54, 1.807) is 7.11 Å². The number of ether oxygens (including phenoxy) is 3. The van der Waals surface area contributed by atoms with Crippen molar-refractivity contribution < 1.29 is 14.2 Å². The second-order valence-electron chi connectivity index (χ2n) is 7.15. The highest BCUT2D eigenvalue weighted by molar-refractivity contribution is 5.46. The van der Waals surface area contributed by atoms with Crippen molar-refractivity contribution in [1.82, 2.24) is 9.80 Å². The van der Waals surface area contributed by atoms with E-state index in [2.05, 4.69) is 15.9 Å². The van der Waals surface area contributed by atoms with Crippen molar-refractivity contribution in [3.8, 4) is 11.5 Å². The molecule has 0 aliphatic carbocycles. The Labute approximate surface area is 157 Å². The van der Waals surface area contributed by atoms with Gasteiger partial charge in [-0.15, -0.1) is 0 Å². The number of hydrogen-bond acceptors (Lipinski definition) is 6. The zero-order valence-corrected chi connectivity index (χ0v) is 16.0. The predicted octanol–water partition coefficient (Wildman–Crippen LogP) is 1.72. The van der Waals surface area contributed by atoms with E-state index < -0.39 is 0 Å². The largest absolute Gasteiger partial charge is 0.493 e. The van der Waals surface area contributed by atoms with Gasteiger partial charge >= 0.3 is 0 Å². The molecule has 2 N–H and O–H groups in total. The molecule has 0 spiro atoms. The van der Waals surface area contributed by atoms with E-state index in [9.17, 15) is 0 Å². The number of benzene rings is 1. The van der Waals surface area contributed by atoms with Crippen LogP contribution in [0.5, 0.6) is 11.5 Å². The Morgan fingerprint density at radius 3 is 2.69 bits per heavy atom. The van der Waals surface area contributed by atoms with Crippen LogP contribution in [0.25, 0.3) is 0 Å². The maximum absolute atomic E-state index is 6.16. The summed E-state index contributed by atoms with van der Waals surface area (Å²) in [6, 6.07) is 6.16. The number of piperazine rings is 1. The molecule has 1 aromatic rings. The topological polar surface area (TPSA) is 60.2 Å². The maximum atomic E-state index is 6.16. The van der Waals surface area contributed by atoms with Crippen LogP contribution in [0.3, 0.4) is 0 Å². The second-order valence-corrected chi connectivity index (χ2v) is 7.15. The van der Waals surface area contributed by atoms with E-state index in [4.69, 9.17) is 19.9 Å². The van der Waals surface area contributed by atoms with Crippen molar-refractivity contribution in [3.05, 3.63) is 23.8 Å². The van der Waals surface area contributed by atoms with Crippen LogP contribution in [-0.4, -0.2) is 75.5 Å². The maximum Gasteiger partial charge on any atom is 0.165 e. The first-order chi connectivity index (χ1) is 12.8. The number of rotatable bonds is 9.